The molecule has 0 saturated carbocycles. The van der Waals surface area contributed by atoms with Gasteiger partial charge in [-0.05, 0) is 36.2 Å². The molecule has 2 N–H and O–H groups in total. The van der Waals surface area contributed by atoms with Gasteiger partial charge in [-0.25, -0.2) is 9.37 Å². The molecule has 0 spiro atoms. The summed E-state index contributed by atoms with van der Waals surface area (Å²) >= 11 is 1.74. The van der Waals surface area contributed by atoms with E-state index in [4.69, 9.17) is 4.74 Å². The number of aryl methyl sites for hydroxylation is 1. The molecule has 0 amide bonds. The molecule has 0 fully saturated rings. The number of rotatable bonds is 8. The van der Waals surface area contributed by atoms with Gasteiger partial charge in [0, 0.05) is 43.8 Å². The third-order valence-corrected chi connectivity index (χ3v) is 5.32. The van der Waals surface area contributed by atoms with Gasteiger partial charge in [-0.3, -0.25) is 9.98 Å². The standard InChI is InChI=1S/C21H24FN5OS.HI/c1-3-17-14-26-20(29-17)8-10-25-21(23-2)27-12-15-6-7-19(18(22)11-15)28-16-5-4-9-24-13-16;/h4-7,9,11,13-14H,3,8,10,12H2,1-2H3,(H2,23,25,27);1H. The Morgan fingerprint density at radius 1 is 1.23 bits per heavy atom. The highest BCUT2D eigenvalue weighted by Gasteiger charge is 2.07. The molecule has 2 heterocycles. The molecule has 0 unspecified atom stereocenters. The number of nitrogens with one attached hydrogen (secondary N) is 2. The molecule has 2 aromatic heterocycles. The maximum absolute atomic E-state index is 14.3. The van der Waals surface area contributed by atoms with Gasteiger partial charge < -0.3 is 15.4 Å². The van der Waals surface area contributed by atoms with E-state index in [-0.39, 0.29) is 29.7 Å². The van der Waals surface area contributed by atoms with Crippen molar-refractivity contribution in [2.45, 2.75) is 26.3 Å². The summed E-state index contributed by atoms with van der Waals surface area (Å²) in [6, 6.07) is 8.35. The Kier molecular flexibility index (Phi) is 9.95. The Hall–Kier alpha value is -2.27. The first kappa shape index (κ1) is 24.0. The largest absolute Gasteiger partial charge is 0.453 e. The van der Waals surface area contributed by atoms with Crippen LogP contribution in [0.1, 0.15) is 22.4 Å². The van der Waals surface area contributed by atoms with E-state index in [0.717, 1.165) is 30.0 Å². The third kappa shape index (κ3) is 7.21. The van der Waals surface area contributed by atoms with Crippen LogP contribution in [0.4, 0.5) is 4.39 Å². The first-order valence-electron chi connectivity index (χ1n) is 9.42. The minimum Gasteiger partial charge on any atom is -0.453 e. The lowest BCUT2D eigenvalue weighted by molar-refractivity contribution is 0.440. The fourth-order valence-electron chi connectivity index (χ4n) is 2.59. The third-order valence-electron chi connectivity index (χ3n) is 4.12. The van der Waals surface area contributed by atoms with Gasteiger partial charge in [-0.2, -0.15) is 0 Å². The number of halogens is 2. The van der Waals surface area contributed by atoms with Crippen molar-refractivity contribution in [1.29, 1.82) is 0 Å². The van der Waals surface area contributed by atoms with Crippen LogP contribution in [0, 0.1) is 5.82 Å². The van der Waals surface area contributed by atoms with E-state index in [1.807, 2.05) is 12.3 Å². The molecule has 1 aromatic carbocycles. The SMILES string of the molecule is CCc1cnc(CCNC(=NC)NCc2ccc(Oc3cccnc3)c(F)c2)s1.I. The van der Waals surface area contributed by atoms with E-state index in [1.165, 1.54) is 10.9 Å². The molecule has 0 radical (unpaired) electrons. The van der Waals surface area contributed by atoms with Gasteiger partial charge in [-0.1, -0.05) is 13.0 Å². The summed E-state index contributed by atoms with van der Waals surface area (Å²) in [5.74, 6) is 0.896. The number of hydrogen-bond donors (Lipinski definition) is 2. The summed E-state index contributed by atoms with van der Waals surface area (Å²) in [5.41, 5.74) is 0.788. The summed E-state index contributed by atoms with van der Waals surface area (Å²) in [5, 5.41) is 7.55. The monoisotopic (exact) mass is 541 g/mol. The molecule has 0 aliphatic heterocycles. The van der Waals surface area contributed by atoms with Crippen LogP contribution in [0.15, 0.2) is 53.9 Å². The van der Waals surface area contributed by atoms with Gasteiger partial charge in [0.05, 0.1) is 11.2 Å². The zero-order valence-electron chi connectivity index (χ0n) is 16.9. The summed E-state index contributed by atoms with van der Waals surface area (Å²) in [6.45, 7) is 3.30. The van der Waals surface area contributed by atoms with Crippen LogP contribution >= 0.6 is 35.3 Å². The van der Waals surface area contributed by atoms with Crippen LogP contribution in [0.5, 0.6) is 11.5 Å². The second-order valence-electron chi connectivity index (χ2n) is 6.23. The minimum atomic E-state index is -0.424. The number of nitrogens with zero attached hydrogens (tertiary/aromatic N) is 3. The van der Waals surface area contributed by atoms with Crippen LogP contribution in [-0.2, 0) is 19.4 Å². The van der Waals surface area contributed by atoms with Gasteiger partial charge in [0.15, 0.2) is 17.5 Å². The summed E-state index contributed by atoms with van der Waals surface area (Å²) in [6.07, 6.45) is 6.96. The van der Waals surface area contributed by atoms with Crippen molar-refractivity contribution in [1.82, 2.24) is 20.6 Å². The average Bonchev–Trinajstić information content (AvgIpc) is 3.21. The Morgan fingerprint density at radius 3 is 2.77 bits per heavy atom. The first-order valence-corrected chi connectivity index (χ1v) is 10.2. The van der Waals surface area contributed by atoms with Crippen molar-refractivity contribution in [3.63, 3.8) is 0 Å². The van der Waals surface area contributed by atoms with E-state index in [2.05, 4.69) is 32.5 Å². The van der Waals surface area contributed by atoms with Gasteiger partial charge in [0.1, 0.15) is 5.75 Å². The lowest BCUT2D eigenvalue weighted by Crippen LogP contribution is -2.37. The molecule has 0 bridgehead atoms. The number of hydrogen-bond acceptors (Lipinski definition) is 5. The molecule has 30 heavy (non-hydrogen) atoms. The Balaban J connectivity index is 0.00000320. The highest BCUT2D eigenvalue weighted by molar-refractivity contribution is 14.0. The van der Waals surface area contributed by atoms with Crippen LogP contribution in [-0.4, -0.2) is 29.5 Å². The highest BCUT2D eigenvalue weighted by atomic mass is 127. The molecule has 160 valence electrons. The number of thiazole rings is 1. The number of aromatic nitrogens is 2. The predicted octanol–water partition coefficient (Wildman–Crippen LogP) is 4.56. The lowest BCUT2D eigenvalue weighted by atomic mass is 10.2. The normalized spacial score (nSPS) is 11.0. The number of aliphatic imine (C=N–C) groups is 1. The number of ether oxygens (including phenoxy) is 1. The van der Waals surface area contributed by atoms with Crippen molar-refractivity contribution in [3.05, 3.63) is 70.2 Å². The van der Waals surface area contributed by atoms with Gasteiger partial charge in [0.2, 0.25) is 0 Å². The van der Waals surface area contributed by atoms with Gasteiger partial charge in [0.25, 0.3) is 0 Å². The fourth-order valence-corrected chi connectivity index (χ4v) is 3.45. The molecule has 9 heteroatoms. The van der Waals surface area contributed by atoms with Crippen LogP contribution in [0.3, 0.4) is 0 Å². The average molecular weight is 541 g/mol. The maximum Gasteiger partial charge on any atom is 0.191 e. The first-order chi connectivity index (χ1) is 14.2. The van der Waals surface area contributed by atoms with Gasteiger partial charge in [-0.15, -0.1) is 35.3 Å². The molecule has 0 aliphatic rings. The Labute approximate surface area is 197 Å². The molecular weight excluding hydrogens is 516 g/mol. The van der Waals surface area contributed by atoms with E-state index in [0.29, 0.717) is 18.3 Å². The molecule has 6 nitrogen and oxygen atoms in total. The van der Waals surface area contributed by atoms with E-state index < -0.39 is 5.82 Å². The molecular formula is C21H25FIN5OS. The molecule has 3 rings (SSSR count). The van der Waals surface area contributed by atoms with Crippen molar-refractivity contribution in [2.75, 3.05) is 13.6 Å². The molecule has 0 saturated heterocycles. The quantitative estimate of drug-likeness (QED) is 0.249. The van der Waals surface area contributed by atoms with Crippen molar-refractivity contribution in [2.24, 2.45) is 4.99 Å². The highest BCUT2D eigenvalue weighted by Crippen LogP contribution is 2.24. The number of guanidine groups is 1. The second-order valence-corrected chi connectivity index (χ2v) is 7.43. The van der Waals surface area contributed by atoms with E-state index >= 15 is 0 Å². The number of benzene rings is 1. The zero-order chi connectivity index (χ0) is 20.5. The smallest absolute Gasteiger partial charge is 0.191 e. The summed E-state index contributed by atoms with van der Waals surface area (Å²) in [7, 11) is 1.71. The lowest BCUT2D eigenvalue weighted by Gasteiger charge is -2.12. The molecule has 0 aliphatic carbocycles. The summed E-state index contributed by atoms with van der Waals surface area (Å²) < 4.78 is 19.9. The number of pyridine rings is 1. The van der Waals surface area contributed by atoms with Gasteiger partial charge >= 0.3 is 0 Å². The van der Waals surface area contributed by atoms with Crippen LogP contribution < -0.4 is 15.4 Å². The Morgan fingerprint density at radius 2 is 2.10 bits per heavy atom. The molecule has 0 atom stereocenters. The minimum absolute atomic E-state index is 0. The topological polar surface area (TPSA) is 71.4 Å². The fraction of sp³-hybridized carbons (Fsp3) is 0.286. The van der Waals surface area contributed by atoms with Crippen LogP contribution in [0.25, 0.3) is 0 Å². The zero-order valence-corrected chi connectivity index (χ0v) is 20.0. The van der Waals surface area contributed by atoms with E-state index in [9.17, 15) is 4.39 Å². The van der Waals surface area contributed by atoms with E-state index in [1.54, 1.807) is 49.0 Å². The molecule has 3 aromatic rings. The van der Waals surface area contributed by atoms with Crippen molar-refractivity contribution in [3.8, 4) is 11.5 Å². The summed E-state index contributed by atoms with van der Waals surface area (Å²) in [4.78, 5) is 13.9. The second kappa shape index (κ2) is 12.4. The van der Waals surface area contributed by atoms with Crippen molar-refractivity contribution >= 4 is 41.3 Å². The van der Waals surface area contributed by atoms with Crippen molar-refractivity contribution < 1.29 is 9.13 Å². The Bertz CT molecular complexity index is 952. The maximum atomic E-state index is 14.3. The predicted molar refractivity (Wildman–Crippen MR) is 130 cm³/mol. The van der Waals surface area contributed by atoms with Crippen LogP contribution in [0.2, 0.25) is 0 Å².